The van der Waals surface area contributed by atoms with E-state index < -0.39 is 0 Å². The van der Waals surface area contributed by atoms with E-state index in [2.05, 4.69) is 34.5 Å². The highest BCUT2D eigenvalue weighted by Crippen LogP contribution is 2.27. The summed E-state index contributed by atoms with van der Waals surface area (Å²) >= 11 is 6.04. The van der Waals surface area contributed by atoms with Crippen LogP contribution in [0.15, 0.2) is 18.2 Å². The van der Waals surface area contributed by atoms with Crippen LogP contribution in [-0.2, 0) is 0 Å². The van der Waals surface area contributed by atoms with Gasteiger partial charge in [-0.05, 0) is 32.3 Å². The lowest BCUT2D eigenvalue weighted by atomic mass is 10.2. The second kappa shape index (κ2) is 7.86. The zero-order chi connectivity index (χ0) is 17.0. The molecular weight excluding hydrogens is 314 g/mol. The lowest BCUT2D eigenvalue weighted by Crippen LogP contribution is -2.54. The summed E-state index contributed by atoms with van der Waals surface area (Å²) in [5, 5.41) is 6.44. The fraction of sp³-hybridized carbons (Fsp3) is 0.562. The van der Waals surface area contributed by atoms with Crippen LogP contribution in [0, 0.1) is 0 Å². The SMILES string of the molecule is CN1CCN(C)C(CNC(=O)Nc2cc(Cl)ccc2N(C)C)C1. The van der Waals surface area contributed by atoms with E-state index in [1.165, 1.54) is 0 Å². The Bertz CT molecular complexity index is 551. The molecule has 0 radical (unpaired) electrons. The second-order valence-electron chi connectivity index (χ2n) is 6.29. The highest BCUT2D eigenvalue weighted by Gasteiger charge is 2.22. The Hall–Kier alpha value is -1.50. The molecule has 1 aliphatic heterocycles. The number of rotatable bonds is 4. The average molecular weight is 340 g/mol. The van der Waals surface area contributed by atoms with Gasteiger partial charge >= 0.3 is 6.03 Å². The number of amides is 2. The van der Waals surface area contributed by atoms with Gasteiger partial charge in [0.2, 0.25) is 0 Å². The van der Waals surface area contributed by atoms with Crippen LogP contribution < -0.4 is 15.5 Å². The standard InChI is InChI=1S/C16H26ClN5O/c1-20(2)15-6-5-12(17)9-14(15)19-16(23)18-10-13-11-21(3)7-8-22(13)4/h5-6,9,13H,7-8,10-11H2,1-4H3,(H2,18,19,23). The van der Waals surface area contributed by atoms with Gasteiger partial charge in [0.05, 0.1) is 11.4 Å². The summed E-state index contributed by atoms with van der Waals surface area (Å²) in [5.41, 5.74) is 1.62. The van der Waals surface area contributed by atoms with Crippen LogP contribution in [-0.4, -0.2) is 76.2 Å². The van der Waals surface area contributed by atoms with Gasteiger partial charge in [-0.3, -0.25) is 4.90 Å². The monoisotopic (exact) mass is 339 g/mol. The number of nitrogens with one attached hydrogen (secondary N) is 2. The Labute approximate surface area is 143 Å². The minimum absolute atomic E-state index is 0.211. The maximum Gasteiger partial charge on any atom is 0.319 e. The third-order valence-corrected chi connectivity index (χ3v) is 4.40. The summed E-state index contributed by atoms with van der Waals surface area (Å²) < 4.78 is 0. The molecule has 0 spiro atoms. The molecule has 1 unspecified atom stereocenters. The molecule has 1 aromatic carbocycles. The van der Waals surface area contributed by atoms with Crippen molar-refractivity contribution in [1.82, 2.24) is 15.1 Å². The average Bonchev–Trinajstić information content (AvgIpc) is 2.48. The first-order valence-corrected chi connectivity index (χ1v) is 8.15. The fourth-order valence-corrected chi connectivity index (χ4v) is 2.87. The number of carbonyl (C=O) groups is 1. The van der Waals surface area contributed by atoms with E-state index in [0.29, 0.717) is 23.3 Å². The van der Waals surface area contributed by atoms with Crippen molar-refractivity contribution in [3.05, 3.63) is 23.2 Å². The minimum Gasteiger partial charge on any atom is -0.376 e. The zero-order valence-corrected chi connectivity index (χ0v) is 15.0. The number of urea groups is 1. The number of anilines is 2. The maximum absolute atomic E-state index is 12.2. The molecule has 2 rings (SSSR count). The van der Waals surface area contributed by atoms with Gasteiger partial charge in [-0.15, -0.1) is 0 Å². The van der Waals surface area contributed by atoms with Crippen LogP contribution in [0.5, 0.6) is 0 Å². The van der Waals surface area contributed by atoms with Gasteiger partial charge in [0.15, 0.2) is 0 Å². The van der Waals surface area contributed by atoms with E-state index in [1.807, 2.05) is 31.1 Å². The van der Waals surface area contributed by atoms with Crippen molar-refractivity contribution in [2.24, 2.45) is 0 Å². The van der Waals surface area contributed by atoms with Crippen LogP contribution in [0.2, 0.25) is 5.02 Å². The van der Waals surface area contributed by atoms with Crippen molar-refractivity contribution >= 4 is 29.0 Å². The quantitative estimate of drug-likeness (QED) is 0.878. The fourth-order valence-electron chi connectivity index (χ4n) is 2.70. The molecule has 1 heterocycles. The van der Waals surface area contributed by atoms with Crippen LogP contribution in [0.3, 0.4) is 0 Å². The van der Waals surface area contributed by atoms with E-state index in [1.54, 1.807) is 6.07 Å². The predicted molar refractivity (Wildman–Crippen MR) is 96.7 cm³/mol. The number of carbonyl (C=O) groups excluding carboxylic acids is 1. The largest absolute Gasteiger partial charge is 0.376 e. The number of likely N-dealkylation sites (N-methyl/N-ethyl adjacent to an activating group) is 2. The molecule has 1 fully saturated rings. The molecular formula is C16H26ClN5O. The molecule has 6 nitrogen and oxygen atoms in total. The van der Waals surface area contributed by atoms with E-state index >= 15 is 0 Å². The highest BCUT2D eigenvalue weighted by atomic mass is 35.5. The number of halogens is 1. The number of hydrogen-bond acceptors (Lipinski definition) is 4. The molecule has 7 heteroatoms. The third-order valence-electron chi connectivity index (χ3n) is 4.17. The van der Waals surface area contributed by atoms with Gasteiger partial charge in [-0.2, -0.15) is 0 Å². The first kappa shape index (κ1) is 17.8. The highest BCUT2D eigenvalue weighted by molar-refractivity contribution is 6.31. The molecule has 1 aliphatic rings. The van der Waals surface area contributed by atoms with Crippen molar-refractivity contribution in [2.75, 3.05) is 64.6 Å². The minimum atomic E-state index is -0.211. The number of benzene rings is 1. The van der Waals surface area contributed by atoms with Crippen molar-refractivity contribution < 1.29 is 4.79 Å². The summed E-state index contributed by atoms with van der Waals surface area (Å²) in [6.07, 6.45) is 0. The van der Waals surface area contributed by atoms with E-state index in [9.17, 15) is 4.79 Å². The molecule has 1 atom stereocenters. The van der Waals surface area contributed by atoms with E-state index in [0.717, 1.165) is 25.3 Å². The zero-order valence-electron chi connectivity index (χ0n) is 14.3. The molecule has 2 N–H and O–H groups in total. The van der Waals surface area contributed by atoms with Crippen LogP contribution in [0.4, 0.5) is 16.2 Å². The normalized spacial score (nSPS) is 19.4. The van der Waals surface area contributed by atoms with E-state index in [-0.39, 0.29) is 6.03 Å². The summed E-state index contributed by atoms with van der Waals surface area (Å²) in [5.74, 6) is 0. The van der Waals surface area contributed by atoms with Gasteiger partial charge in [0.25, 0.3) is 0 Å². The van der Waals surface area contributed by atoms with Gasteiger partial charge in [0.1, 0.15) is 0 Å². The van der Waals surface area contributed by atoms with Crippen LogP contribution >= 0.6 is 11.6 Å². The topological polar surface area (TPSA) is 50.9 Å². The Balaban J connectivity index is 1.93. The summed E-state index contributed by atoms with van der Waals surface area (Å²) in [7, 11) is 8.06. The van der Waals surface area contributed by atoms with Crippen molar-refractivity contribution in [3.8, 4) is 0 Å². The summed E-state index contributed by atoms with van der Waals surface area (Å²) in [6.45, 7) is 3.65. The molecule has 0 saturated carbocycles. The predicted octanol–water partition coefficient (Wildman–Crippen LogP) is 1.77. The summed E-state index contributed by atoms with van der Waals surface area (Å²) in [4.78, 5) is 18.7. The first-order valence-electron chi connectivity index (χ1n) is 7.77. The van der Waals surface area contributed by atoms with E-state index in [4.69, 9.17) is 11.6 Å². The molecule has 0 aromatic heterocycles. The smallest absolute Gasteiger partial charge is 0.319 e. The van der Waals surface area contributed by atoms with Gasteiger partial charge in [-0.25, -0.2) is 4.79 Å². The molecule has 1 saturated heterocycles. The van der Waals surface area contributed by atoms with Crippen molar-refractivity contribution in [2.45, 2.75) is 6.04 Å². The molecule has 23 heavy (non-hydrogen) atoms. The van der Waals surface area contributed by atoms with Crippen molar-refractivity contribution in [3.63, 3.8) is 0 Å². The number of hydrogen-bond donors (Lipinski definition) is 2. The Morgan fingerprint density at radius 1 is 1.35 bits per heavy atom. The van der Waals surface area contributed by atoms with Gasteiger partial charge in [-0.1, -0.05) is 11.6 Å². The maximum atomic E-state index is 12.2. The molecule has 0 aliphatic carbocycles. The molecule has 0 bridgehead atoms. The Kier molecular flexibility index (Phi) is 6.10. The lowest BCUT2D eigenvalue weighted by Gasteiger charge is -2.37. The lowest BCUT2D eigenvalue weighted by molar-refractivity contribution is 0.115. The van der Waals surface area contributed by atoms with Gasteiger partial charge in [0, 0.05) is 51.3 Å². The van der Waals surface area contributed by atoms with Crippen LogP contribution in [0.25, 0.3) is 0 Å². The second-order valence-corrected chi connectivity index (χ2v) is 6.72. The van der Waals surface area contributed by atoms with Crippen LogP contribution in [0.1, 0.15) is 0 Å². The molecule has 128 valence electrons. The third kappa shape index (κ3) is 4.99. The summed E-state index contributed by atoms with van der Waals surface area (Å²) in [6, 6.07) is 5.58. The van der Waals surface area contributed by atoms with Crippen molar-refractivity contribution in [1.29, 1.82) is 0 Å². The Morgan fingerprint density at radius 2 is 2.09 bits per heavy atom. The first-order chi connectivity index (χ1) is 10.9. The number of nitrogens with zero attached hydrogens (tertiary/aromatic N) is 3. The Morgan fingerprint density at radius 3 is 2.78 bits per heavy atom. The number of piperazine rings is 1. The molecule has 1 aromatic rings. The molecule has 2 amide bonds. The van der Waals surface area contributed by atoms with Gasteiger partial charge < -0.3 is 20.4 Å².